The van der Waals surface area contributed by atoms with Crippen molar-refractivity contribution in [2.24, 2.45) is 0 Å². The maximum atomic E-state index is 12.7. The van der Waals surface area contributed by atoms with Gasteiger partial charge in [0.05, 0.1) is 25.4 Å². The summed E-state index contributed by atoms with van der Waals surface area (Å²) in [5, 5.41) is 3.05. The number of urea groups is 1. The molecular formula is C18H27N3O3. The number of morpholine rings is 1. The normalized spacial score (nSPS) is 24.0. The summed E-state index contributed by atoms with van der Waals surface area (Å²) < 4.78 is 11.3. The minimum absolute atomic E-state index is 0.0226. The van der Waals surface area contributed by atoms with Gasteiger partial charge in [0.1, 0.15) is 0 Å². The average Bonchev–Trinajstić information content (AvgIpc) is 3.14. The van der Waals surface area contributed by atoms with Crippen LogP contribution in [0.2, 0.25) is 0 Å². The first-order chi connectivity index (χ1) is 11.6. The molecule has 0 spiro atoms. The lowest BCUT2D eigenvalue weighted by atomic mass is 10.1. The minimum atomic E-state index is -0.0333. The van der Waals surface area contributed by atoms with Gasteiger partial charge in [0, 0.05) is 39.5 Å². The van der Waals surface area contributed by atoms with Crippen LogP contribution in [0.1, 0.15) is 18.4 Å². The quantitative estimate of drug-likeness (QED) is 0.913. The van der Waals surface area contributed by atoms with Crippen LogP contribution in [-0.2, 0) is 16.0 Å². The van der Waals surface area contributed by atoms with Crippen molar-refractivity contribution in [2.75, 3.05) is 45.4 Å². The van der Waals surface area contributed by atoms with E-state index < -0.39 is 0 Å². The number of hydrogen-bond acceptors (Lipinski definition) is 4. The molecule has 0 aromatic heterocycles. The number of amides is 2. The molecule has 1 N–H and O–H groups in total. The van der Waals surface area contributed by atoms with Gasteiger partial charge in [-0.25, -0.2) is 4.79 Å². The van der Waals surface area contributed by atoms with Crippen LogP contribution in [0, 0.1) is 0 Å². The largest absolute Gasteiger partial charge is 0.378 e. The van der Waals surface area contributed by atoms with Gasteiger partial charge in [0.15, 0.2) is 0 Å². The van der Waals surface area contributed by atoms with E-state index in [1.54, 1.807) is 0 Å². The second-order valence-corrected chi connectivity index (χ2v) is 6.61. The van der Waals surface area contributed by atoms with E-state index in [0.29, 0.717) is 26.3 Å². The van der Waals surface area contributed by atoms with E-state index in [1.165, 1.54) is 0 Å². The molecule has 2 amide bonds. The number of carbonyl (C=O) groups is 1. The SMILES string of the molecule is CN(C)c1cccc(CNC(=O)N2CCOC[C@@H]2[C@H]2CCCO2)c1. The summed E-state index contributed by atoms with van der Waals surface area (Å²) in [6.07, 6.45) is 2.17. The number of anilines is 1. The number of carbonyl (C=O) groups excluding carboxylic acids is 1. The summed E-state index contributed by atoms with van der Waals surface area (Å²) in [6, 6.07) is 8.19. The molecule has 6 nitrogen and oxygen atoms in total. The Labute approximate surface area is 143 Å². The van der Waals surface area contributed by atoms with Crippen LogP contribution < -0.4 is 10.2 Å². The van der Waals surface area contributed by atoms with Crippen LogP contribution in [0.15, 0.2) is 24.3 Å². The van der Waals surface area contributed by atoms with E-state index in [1.807, 2.05) is 31.1 Å². The van der Waals surface area contributed by atoms with Gasteiger partial charge < -0.3 is 24.6 Å². The topological polar surface area (TPSA) is 54.0 Å². The molecule has 0 bridgehead atoms. The summed E-state index contributed by atoms with van der Waals surface area (Å²) in [7, 11) is 4.02. The molecule has 0 unspecified atom stereocenters. The molecule has 1 aromatic rings. The van der Waals surface area contributed by atoms with E-state index in [2.05, 4.69) is 22.3 Å². The van der Waals surface area contributed by atoms with Crippen molar-refractivity contribution < 1.29 is 14.3 Å². The Bertz CT molecular complexity index is 558. The maximum absolute atomic E-state index is 12.7. The molecule has 0 aliphatic carbocycles. The third kappa shape index (κ3) is 3.99. The summed E-state index contributed by atoms with van der Waals surface area (Å²) in [4.78, 5) is 16.6. The number of nitrogens with zero attached hydrogens (tertiary/aromatic N) is 2. The monoisotopic (exact) mass is 333 g/mol. The van der Waals surface area contributed by atoms with Gasteiger partial charge in [-0.1, -0.05) is 12.1 Å². The minimum Gasteiger partial charge on any atom is -0.378 e. The van der Waals surface area contributed by atoms with Crippen molar-refractivity contribution in [2.45, 2.75) is 31.5 Å². The van der Waals surface area contributed by atoms with Gasteiger partial charge in [-0.3, -0.25) is 0 Å². The fraction of sp³-hybridized carbons (Fsp3) is 0.611. The van der Waals surface area contributed by atoms with Crippen LogP contribution >= 0.6 is 0 Å². The lowest BCUT2D eigenvalue weighted by Crippen LogP contribution is -2.56. The summed E-state index contributed by atoms with van der Waals surface area (Å²) in [5.74, 6) is 0. The van der Waals surface area contributed by atoms with Crippen molar-refractivity contribution in [1.82, 2.24) is 10.2 Å². The number of nitrogens with one attached hydrogen (secondary N) is 1. The predicted octanol–water partition coefficient (Wildman–Crippen LogP) is 1.84. The van der Waals surface area contributed by atoms with Crippen molar-refractivity contribution >= 4 is 11.7 Å². The van der Waals surface area contributed by atoms with Crippen LogP contribution in [0.25, 0.3) is 0 Å². The van der Waals surface area contributed by atoms with E-state index >= 15 is 0 Å². The third-order valence-corrected chi connectivity index (χ3v) is 4.69. The van der Waals surface area contributed by atoms with Gasteiger partial charge in [0.2, 0.25) is 0 Å². The van der Waals surface area contributed by atoms with Crippen molar-refractivity contribution in [3.63, 3.8) is 0 Å². The first-order valence-corrected chi connectivity index (χ1v) is 8.65. The Hall–Kier alpha value is -1.79. The Morgan fingerprint density at radius 1 is 1.38 bits per heavy atom. The number of rotatable bonds is 4. The predicted molar refractivity (Wildman–Crippen MR) is 93.3 cm³/mol. The van der Waals surface area contributed by atoms with Crippen LogP contribution in [0.5, 0.6) is 0 Å². The second kappa shape index (κ2) is 7.85. The second-order valence-electron chi connectivity index (χ2n) is 6.61. The fourth-order valence-electron chi connectivity index (χ4n) is 3.31. The van der Waals surface area contributed by atoms with Crippen LogP contribution in [0.3, 0.4) is 0 Å². The molecule has 2 fully saturated rings. The van der Waals surface area contributed by atoms with Crippen molar-refractivity contribution in [1.29, 1.82) is 0 Å². The highest BCUT2D eigenvalue weighted by molar-refractivity contribution is 5.74. The Morgan fingerprint density at radius 2 is 2.25 bits per heavy atom. The average molecular weight is 333 g/mol. The molecule has 6 heteroatoms. The fourth-order valence-corrected chi connectivity index (χ4v) is 3.31. The van der Waals surface area contributed by atoms with Gasteiger partial charge in [-0.05, 0) is 30.5 Å². The molecule has 2 aliphatic heterocycles. The smallest absolute Gasteiger partial charge is 0.318 e. The zero-order valence-electron chi connectivity index (χ0n) is 14.5. The summed E-state index contributed by atoms with van der Waals surface area (Å²) in [5.41, 5.74) is 2.22. The Morgan fingerprint density at radius 3 is 3.00 bits per heavy atom. The highest BCUT2D eigenvalue weighted by atomic mass is 16.5. The van der Waals surface area contributed by atoms with E-state index in [0.717, 1.165) is 30.7 Å². The van der Waals surface area contributed by atoms with E-state index in [-0.39, 0.29) is 18.2 Å². The molecule has 2 heterocycles. The zero-order chi connectivity index (χ0) is 16.9. The first kappa shape index (κ1) is 17.0. The number of benzene rings is 1. The number of hydrogen-bond donors (Lipinski definition) is 1. The molecule has 2 aliphatic rings. The lowest BCUT2D eigenvalue weighted by Gasteiger charge is -2.38. The standard InChI is InChI=1S/C18H27N3O3/c1-20(2)15-6-3-5-14(11-15)12-19-18(22)21-8-10-23-13-16(21)17-7-4-9-24-17/h3,5-6,11,16-17H,4,7-10,12-13H2,1-2H3,(H,19,22)/t16-,17-/m1/s1. The van der Waals surface area contributed by atoms with E-state index in [9.17, 15) is 4.79 Å². The molecule has 2 saturated heterocycles. The van der Waals surface area contributed by atoms with Crippen LogP contribution in [0.4, 0.5) is 10.5 Å². The molecule has 132 valence electrons. The van der Waals surface area contributed by atoms with Crippen molar-refractivity contribution in [3.8, 4) is 0 Å². The first-order valence-electron chi connectivity index (χ1n) is 8.65. The third-order valence-electron chi connectivity index (χ3n) is 4.69. The van der Waals surface area contributed by atoms with Crippen LogP contribution in [-0.4, -0.2) is 63.5 Å². The number of ether oxygens (including phenoxy) is 2. The molecule has 24 heavy (non-hydrogen) atoms. The summed E-state index contributed by atoms with van der Waals surface area (Å²) >= 11 is 0. The molecule has 1 aromatic carbocycles. The highest BCUT2D eigenvalue weighted by Gasteiger charge is 2.35. The lowest BCUT2D eigenvalue weighted by molar-refractivity contribution is -0.0473. The zero-order valence-corrected chi connectivity index (χ0v) is 14.5. The molecule has 0 radical (unpaired) electrons. The van der Waals surface area contributed by atoms with Gasteiger partial charge in [-0.15, -0.1) is 0 Å². The molecular weight excluding hydrogens is 306 g/mol. The molecule has 0 saturated carbocycles. The van der Waals surface area contributed by atoms with Gasteiger partial charge in [0.25, 0.3) is 0 Å². The van der Waals surface area contributed by atoms with Crippen molar-refractivity contribution in [3.05, 3.63) is 29.8 Å². The Balaban J connectivity index is 1.59. The molecule has 3 rings (SSSR count). The van der Waals surface area contributed by atoms with E-state index in [4.69, 9.17) is 9.47 Å². The van der Waals surface area contributed by atoms with Gasteiger partial charge in [-0.2, -0.15) is 0 Å². The maximum Gasteiger partial charge on any atom is 0.318 e. The highest BCUT2D eigenvalue weighted by Crippen LogP contribution is 2.22. The molecule has 2 atom stereocenters. The van der Waals surface area contributed by atoms with Gasteiger partial charge >= 0.3 is 6.03 Å². The Kier molecular flexibility index (Phi) is 5.58. The summed E-state index contributed by atoms with van der Waals surface area (Å²) in [6.45, 7) is 3.08.